The SMILES string of the molecule is Cc1nc(CN2CC[C@]3(O)CCN(C(=O)N(C)C)C[C@@H]3C2)cs1. The average molecular weight is 338 g/mol. The smallest absolute Gasteiger partial charge is 0.319 e. The molecule has 2 saturated heterocycles. The highest BCUT2D eigenvalue weighted by atomic mass is 32.1. The van der Waals surface area contributed by atoms with Crippen molar-refractivity contribution in [1.82, 2.24) is 19.7 Å². The number of hydrogen-bond acceptors (Lipinski definition) is 5. The van der Waals surface area contributed by atoms with Crippen LogP contribution in [0.5, 0.6) is 0 Å². The van der Waals surface area contributed by atoms with E-state index in [1.165, 1.54) is 0 Å². The number of carbonyl (C=O) groups is 1. The molecule has 0 aromatic carbocycles. The molecule has 23 heavy (non-hydrogen) atoms. The molecule has 3 heterocycles. The standard InChI is InChI=1S/C16H26N4O2S/c1-12-17-14(11-23-12)10-19-6-4-16(22)5-7-20(9-13(16)8-19)15(21)18(2)3/h11,13,22H,4-10H2,1-3H3/t13-,16-/m0/s1. The molecule has 2 amide bonds. The van der Waals surface area contributed by atoms with Crippen LogP contribution < -0.4 is 0 Å². The van der Waals surface area contributed by atoms with Crippen molar-refractivity contribution in [3.63, 3.8) is 0 Å². The van der Waals surface area contributed by atoms with Crippen molar-refractivity contribution in [2.75, 3.05) is 40.3 Å². The maximum absolute atomic E-state index is 12.2. The fraction of sp³-hybridized carbons (Fsp3) is 0.750. The van der Waals surface area contributed by atoms with Crippen LogP contribution in [-0.2, 0) is 6.54 Å². The molecule has 1 aromatic heterocycles. The minimum Gasteiger partial charge on any atom is -0.389 e. The first-order valence-corrected chi connectivity index (χ1v) is 9.07. The zero-order valence-corrected chi connectivity index (χ0v) is 15.0. The number of hydrogen-bond donors (Lipinski definition) is 1. The molecule has 128 valence electrons. The van der Waals surface area contributed by atoms with Gasteiger partial charge < -0.3 is 14.9 Å². The van der Waals surface area contributed by atoms with Gasteiger partial charge in [0.15, 0.2) is 0 Å². The van der Waals surface area contributed by atoms with Gasteiger partial charge in [-0.3, -0.25) is 4.90 Å². The fourth-order valence-corrected chi connectivity index (χ4v) is 4.29. The number of thiazole rings is 1. The van der Waals surface area contributed by atoms with E-state index in [9.17, 15) is 9.90 Å². The minimum atomic E-state index is -0.614. The molecule has 2 atom stereocenters. The first-order valence-electron chi connectivity index (χ1n) is 8.19. The van der Waals surface area contributed by atoms with Crippen LogP contribution in [0.1, 0.15) is 23.5 Å². The fourth-order valence-electron chi connectivity index (χ4n) is 3.68. The van der Waals surface area contributed by atoms with Crippen LogP contribution in [0, 0.1) is 12.8 Å². The van der Waals surface area contributed by atoms with Crippen molar-refractivity contribution in [2.45, 2.75) is 31.9 Å². The predicted octanol–water partition coefficient (Wildman–Crippen LogP) is 1.39. The highest BCUT2D eigenvalue weighted by Gasteiger charge is 2.46. The number of urea groups is 1. The first-order chi connectivity index (χ1) is 10.9. The van der Waals surface area contributed by atoms with Gasteiger partial charge in [-0.2, -0.15) is 0 Å². The van der Waals surface area contributed by atoms with E-state index in [0.29, 0.717) is 19.5 Å². The van der Waals surface area contributed by atoms with Crippen molar-refractivity contribution in [1.29, 1.82) is 0 Å². The molecule has 1 aromatic rings. The third kappa shape index (κ3) is 3.51. The van der Waals surface area contributed by atoms with Crippen LogP contribution in [0.2, 0.25) is 0 Å². The molecule has 3 rings (SSSR count). The van der Waals surface area contributed by atoms with Crippen LogP contribution in [0.3, 0.4) is 0 Å². The molecule has 0 aliphatic carbocycles. The number of aryl methyl sites for hydroxylation is 1. The zero-order chi connectivity index (χ0) is 16.6. The van der Waals surface area contributed by atoms with Gasteiger partial charge in [-0.15, -0.1) is 11.3 Å². The molecule has 1 N–H and O–H groups in total. The number of aliphatic hydroxyl groups is 1. The van der Waals surface area contributed by atoms with Crippen molar-refractivity contribution in [3.05, 3.63) is 16.1 Å². The number of amides is 2. The van der Waals surface area contributed by atoms with Crippen molar-refractivity contribution >= 4 is 17.4 Å². The van der Waals surface area contributed by atoms with Gasteiger partial charge in [-0.05, 0) is 19.8 Å². The maximum atomic E-state index is 12.2. The molecule has 6 nitrogen and oxygen atoms in total. The lowest BCUT2D eigenvalue weighted by molar-refractivity contribution is -0.108. The Morgan fingerprint density at radius 2 is 2.17 bits per heavy atom. The van der Waals surface area contributed by atoms with Crippen molar-refractivity contribution < 1.29 is 9.90 Å². The van der Waals surface area contributed by atoms with Crippen LogP contribution in [0.4, 0.5) is 4.79 Å². The molecule has 2 fully saturated rings. The van der Waals surface area contributed by atoms with E-state index in [4.69, 9.17) is 0 Å². The molecule has 7 heteroatoms. The summed E-state index contributed by atoms with van der Waals surface area (Å²) in [6, 6.07) is 0.0410. The lowest BCUT2D eigenvalue weighted by Gasteiger charge is -2.50. The summed E-state index contributed by atoms with van der Waals surface area (Å²) in [6.07, 6.45) is 1.46. The highest BCUT2D eigenvalue weighted by molar-refractivity contribution is 7.09. The van der Waals surface area contributed by atoms with Gasteiger partial charge in [0.05, 0.1) is 16.3 Å². The van der Waals surface area contributed by atoms with E-state index in [1.54, 1.807) is 30.3 Å². The summed E-state index contributed by atoms with van der Waals surface area (Å²) in [4.78, 5) is 22.6. The largest absolute Gasteiger partial charge is 0.389 e. The van der Waals surface area contributed by atoms with E-state index in [-0.39, 0.29) is 11.9 Å². The third-order valence-corrected chi connectivity index (χ3v) is 5.88. The second-order valence-electron chi connectivity index (χ2n) is 7.02. The summed E-state index contributed by atoms with van der Waals surface area (Å²) in [5.41, 5.74) is 0.493. The van der Waals surface area contributed by atoms with E-state index in [1.807, 2.05) is 11.8 Å². The molecular weight excluding hydrogens is 312 g/mol. The molecule has 0 radical (unpaired) electrons. The van der Waals surface area contributed by atoms with E-state index >= 15 is 0 Å². The minimum absolute atomic E-state index is 0.0410. The van der Waals surface area contributed by atoms with Crippen LogP contribution in [0.15, 0.2) is 5.38 Å². The Bertz CT molecular complexity index is 576. The van der Waals surface area contributed by atoms with Gasteiger partial charge in [0.2, 0.25) is 0 Å². The second kappa shape index (κ2) is 6.37. The number of fused-ring (bicyclic) bond motifs is 1. The summed E-state index contributed by atoms with van der Waals surface area (Å²) in [7, 11) is 3.56. The molecular formula is C16H26N4O2S. The third-order valence-electron chi connectivity index (χ3n) is 5.06. The molecule has 2 aliphatic rings. The number of carbonyl (C=O) groups excluding carboxylic acids is 1. The van der Waals surface area contributed by atoms with Gasteiger partial charge in [0, 0.05) is 58.1 Å². The lowest BCUT2D eigenvalue weighted by Crippen LogP contribution is -2.61. The van der Waals surface area contributed by atoms with E-state index in [0.717, 1.165) is 36.8 Å². The Balaban J connectivity index is 1.65. The van der Waals surface area contributed by atoms with E-state index < -0.39 is 5.60 Å². The summed E-state index contributed by atoms with van der Waals surface area (Å²) in [5.74, 6) is 0.119. The lowest BCUT2D eigenvalue weighted by atomic mass is 9.75. The topological polar surface area (TPSA) is 59.9 Å². The van der Waals surface area contributed by atoms with Gasteiger partial charge in [0.25, 0.3) is 0 Å². The summed E-state index contributed by atoms with van der Waals surface area (Å²) >= 11 is 1.68. The average Bonchev–Trinajstić information content (AvgIpc) is 2.91. The van der Waals surface area contributed by atoms with Gasteiger partial charge in [-0.1, -0.05) is 0 Å². The Morgan fingerprint density at radius 3 is 2.83 bits per heavy atom. The molecule has 2 aliphatic heterocycles. The summed E-state index contributed by atoms with van der Waals surface area (Å²) in [6.45, 7) is 5.86. The van der Waals surface area contributed by atoms with Crippen LogP contribution >= 0.6 is 11.3 Å². The highest BCUT2D eigenvalue weighted by Crippen LogP contribution is 2.36. The Hall–Kier alpha value is -1.18. The van der Waals surface area contributed by atoms with Gasteiger partial charge in [0.1, 0.15) is 0 Å². The van der Waals surface area contributed by atoms with Crippen LogP contribution in [0.25, 0.3) is 0 Å². The quantitative estimate of drug-likeness (QED) is 0.885. The molecule has 0 spiro atoms. The zero-order valence-electron chi connectivity index (χ0n) is 14.2. The van der Waals surface area contributed by atoms with Gasteiger partial charge in [-0.25, -0.2) is 9.78 Å². The number of rotatable bonds is 2. The second-order valence-corrected chi connectivity index (χ2v) is 8.08. The normalized spacial score (nSPS) is 28.5. The first kappa shape index (κ1) is 16.7. The van der Waals surface area contributed by atoms with Crippen molar-refractivity contribution in [3.8, 4) is 0 Å². The molecule has 0 unspecified atom stereocenters. The van der Waals surface area contributed by atoms with Gasteiger partial charge >= 0.3 is 6.03 Å². The Morgan fingerprint density at radius 1 is 1.43 bits per heavy atom. The number of aromatic nitrogens is 1. The van der Waals surface area contributed by atoms with Crippen molar-refractivity contribution in [2.24, 2.45) is 5.92 Å². The Kier molecular flexibility index (Phi) is 4.62. The number of nitrogens with zero attached hydrogens (tertiary/aromatic N) is 4. The summed E-state index contributed by atoms with van der Waals surface area (Å²) < 4.78 is 0. The molecule has 0 bridgehead atoms. The Labute approximate surface area is 141 Å². The monoisotopic (exact) mass is 338 g/mol. The predicted molar refractivity (Wildman–Crippen MR) is 90.5 cm³/mol. The van der Waals surface area contributed by atoms with E-state index in [2.05, 4.69) is 15.3 Å². The summed E-state index contributed by atoms with van der Waals surface area (Å²) in [5, 5.41) is 14.1. The number of piperidine rings is 2. The number of likely N-dealkylation sites (tertiary alicyclic amines) is 2. The van der Waals surface area contributed by atoms with Crippen LogP contribution in [-0.4, -0.2) is 76.7 Å². The molecule has 0 saturated carbocycles. The maximum Gasteiger partial charge on any atom is 0.319 e.